The molecule has 1 unspecified atom stereocenters. The van der Waals surface area contributed by atoms with Crippen molar-refractivity contribution >= 4 is 41.8 Å². The van der Waals surface area contributed by atoms with Crippen LogP contribution in [0.5, 0.6) is 5.75 Å². The maximum atomic E-state index is 11.9. The van der Waals surface area contributed by atoms with Crippen molar-refractivity contribution in [3.05, 3.63) is 29.3 Å². The SMILES string of the molecule is CN=C(NCc1ccc(OC)c(C(=O)OC)c1)N1CCCC(CC(N)=O)C1.I. The zero-order valence-electron chi connectivity index (χ0n) is 16.6. The summed E-state index contributed by atoms with van der Waals surface area (Å²) in [7, 11) is 4.59. The van der Waals surface area contributed by atoms with Crippen LogP contribution < -0.4 is 15.8 Å². The molecule has 1 aromatic carbocycles. The first kappa shape index (κ1) is 24.0. The third-order valence-electron chi connectivity index (χ3n) is 4.64. The van der Waals surface area contributed by atoms with Crippen molar-refractivity contribution in [2.24, 2.45) is 16.6 Å². The molecule has 1 heterocycles. The van der Waals surface area contributed by atoms with Crippen molar-refractivity contribution in [2.75, 3.05) is 34.4 Å². The second-order valence-electron chi connectivity index (χ2n) is 6.55. The minimum absolute atomic E-state index is 0. The Morgan fingerprint density at radius 3 is 2.71 bits per heavy atom. The molecule has 1 aliphatic rings. The second-order valence-corrected chi connectivity index (χ2v) is 6.55. The van der Waals surface area contributed by atoms with Gasteiger partial charge in [0, 0.05) is 33.1 Å². The van der Waals surface area contributed by atoms with Gasteiger partial charge in [0.25, 0.3) is 0 Å². The molecule has 0 spiro atoms. The number of piperidine rings is 1. The molecule has 2 rings (SSSR count). The van der Waals surface area contributed by atoms with E-state index in [1.807, 2.05) is 6.07 Å². The van der Waals surface area contributed by atoms with Crippen LogP contribution in [0, 0.1) is 5.92 Å². The molecule has 1 fully saturated rings. The molecule has 0 bridgehead atoms. The van der Waals surface area contributed by atoms with Crippen LogP contribution in [-0.2, 0) is 16.1 Å². The number of carbonyl (C=O) groups is 2. The summed E-state index contributed by atoms with van der Waals surface area (Å²) in [6.07, 6.45) is 2.39. The maximum Gasteiger partial charge on any atom is 0.341 e. The Morgan fingerprint density at radius 1 is 1.36 bits per heavy atom. The number of aliphatic imine (C=N–C) groups is 1. The van der Waals surface area contributed by atoms with E-state index >= 15 is 0 Å². The summed E-state index contributed by atoms with van der Waals surface area (Å²) in [5, 5.41) is 3.32. The third-order valence-corrected chi connectivity index (χ3v) is 4.64. The average Bonchev–Trinajstić information content (AvgIpc) is 2.67. The smallest absolute Gasteiger partial charge is 0.341 e. The normalized spacial score (nSPS) is 16.8. The maximum absolute atomic E-state index is 11.9. The summed E-state index contributed by atoms with van der Waals surface area (Å²) in [6, 6.07) is 5.38. The molecule has 3 N–H and O–H groups in total. The number of methoxy groups -OCH3 is 2. The zero-order valence-corrected chi connectivity index (χ0v) is 18.9. The van der Waals surface area contributed by atoms with E-state index < -0.39 is 5.97 Å². The number of nitrogens with one attached hydrogen (secondary N) is 1. The van der Waals surface area contributed by atoms with E-state index in [-0.39, 0.29) is 35.8 Å². The minimum atomic E-state index is -0.441. The first-order valence-corrected chi connectivity index (χ1v) is 8.97. The summed E-state index contributed by atoms with van der Waals surface area (Å²) < 4.78 is 10.0. The van der Waals surface area contributed by atoms with Gasteiger partial charge >= 0.3 is 5.97 Å². The molecule has 1 amide bonds. The lowest BCUT2D eigenvalue weighted by atomic mass is 9.95. The van der Waals surface area contributed by atoms with Gasteiger partial charge in [-0.25, -0.2) is 4.79 Å². The van der Waals surface area contributed by atoms with Crippen LogP contribution in [0.25, 0.3) is 0 Å². The van der Waals surface area contributed by atoms with Crippen molar-refractivity contribution in [3.63, 3.8) is 0 Å². The van der Waals surface area contributed by atoms with Gasteiger partial charge in [0.05, 0.1) is 14.2 Å². The molecular formula is C19H29IN4O4. The van der Waals surface area contributed by atoms with E-state index in [9.17, 15) is 9.59 Å². The molecule has 28 heavy (non-hydrogen) atoms. The predicted octanol–water partition coefficient (Wildman–Crippen LogP) is 1.76. The van der Waals surface area contributed by atoms with Crippen LogP contribution in [0.15, 0.2) is 23.2 Å². The van der Waals surface area contributed by atoms with Crippen molar-refractivity contribution < 1.29 is 19.1 Å². The number of esters is 1. The van der Waals surface area contributed by atoms with Gasteiger partial charge in [-0.15, -0.1) is 24.0 Å². The Morgan fingerprint density at radius 2 is 2.11 bits per heavy atom. The number of guanidine groups is 1. The standard InChI is InChI=1S/C19H28N4O4.HI/c1-21-19(23-8-4-5-14(12-23)10-17(20)24)22-11-13-6-7-16(26-2)15(9-13)18(25)27-3;/h6-7,9,14H,4-5,8,10-12H2,1-3H3,(H2,20,24)(H,21,22);1H. The molecule has 0 saturated carbocycles. The third kappa shape index (κ3) is 6.54. The van der Waals surface area contributed by atoms with Crippen LogP contribution in [0.4, 0.5) is 0 Å². The molecule has 0 aliphatic carbocycles. The topological polar surface area (TPSA) is 106 Å². The Hall–Kier alpha value is -2.04. The van der Waals surface area contributed by atoms with E-state index in [1.54, 1.807) is 19.2 Å². The van der Waals surface area contributed by atoms with Gasteiger partial charge in [0.15, 0.2) is 5.96 Å². The molecule has 1 atom stereocenters. The largest absolute Gasteiger partial charge is 0.496 e. The molecule has 0 radical (unpaired) electrons. The van der Waals surface area contributed by atoms with Crippen molar-refractivity contribution in [1.82, 2.24) is 10.2 Å². The molecule has 1 saturated heterocycles. The number of hydrogen-bond donors (Lipinski definition) is 2. The highest BCUT2D eigenvalue weighted by molar-refractivity contribution is 14.0. The van der Waals surface area contributed by atoms with E-state index in [4.69, 9.17) is 15.2 Å². The second kappa shape index (κ2) is 11.7. The van der Waals surface area contributed by atoms with Gasteiger partial charge in [-0.2, -0.15) is 0 Å². The first-order valence-electron chi connectivity index (χ1n) is 8.97. The number of amides is 1. The number of halogens is 1. The highest BCUT2D eigenvalue weighted by Gasteiger charge is 2.23. The highest BCUT2D eigenvalue weighted by Crippen LogP contribution is 2.22. The lowest BCUT2D eigenvalue weighted by Gasteiger charge is -2.34. The van der Waals surface area contributed by atoms with Gasteiger partial charge in [-0.3, -0.25) is 9.79 Å². The number of carbonyl (C=O) groups excluding carboxylic acids is 2. The summed E-state index contributed by atoms with van der Waals surface area (Å²) >= 11 is 0. The van der Waals surface area contributed by atoms with Gasteiger partial charge in [0.2, 0.25) is 5.91 Å². The monoisotopic (exact) mass is 504 g/mol. The van der Waals surface area contributed by atoms with Crippen LogP contribution in [-0.4, -0.2) is 57.1 Å². The summed E-state index contributed by atoms with van der Waals surface area (Å²) in [5.41, 5.74) is 6.62. The summed E-state index contributed by atoms with van der Waals surface area (Å²) in [5.74, 6) is 0.781. The first-order chi connectivity index (χ1) is 13.0. The summed E-state index contributed by atoms with van der Waals surface area (Å²) in [4.78, 5) is 29.6. The Kier molecular flexibility index (Phi) is 10.0. The molecule has 1 aliphatic heterocycles. The average molecular weight is 504 g/mol. The van der Waals surface area contributed by atoms with E-state index in [2.05, 4.69) is 15.2 Å². The highest BCUT2D eigenvalue weighted by atomic mass is 127. The Balaban J connectivity index is 0.00000392. The number of nitrogens with two attached hydrogens (primary N) is 1. The van der Waals surface area contributed by atoms with Gasteiger partial charge in [0.1, 0.15) is 11.3 Å². The van der Waals surface area contributed by atoms with Crippen molar-refractivity contribution in [1.29, 1.82) is 0 Å². The number of nitrogens with zero attached hydrogens (tertiary/aromatic N) is 2. The molecular weight excluding hydrogens is 475 g/mol. The molecule has 1 aromatic rings. The molecule has 156 valence electrons. The number of benzene rings is 1. The number of primary amides is 1. The zero-order chi connectivity index (χ0) is 19.8. The lowest BCUT2D eigenvalue weighted by Crippen LogP contribution is -2.46. The summed E-state index contributed by atoms with van der Waals surface area (Å²) in [6.45, 7) is 2.13. The number of ether oxygens (including phenoxy) is 2. The Bertz CT molecular complexity index is 711. The number of hydrogen-bond acceptors (Lipinski definition) is 5. The molecule has 9 heteroatoms. The Labute approximate surface area is 182 Å². The van der Waals surface area contributed by atoms with E-state index in [0.29, 0.717) is 24.3 Å². The fourth-order valence-corrected chi connectivity index (χ4v) is 3.36. The van der Waals surface area contributed by atoms with Gasteiger partial charge in [-0.1, -0.05) is 6.07 Å². The van der Waals surface area contributed by atoms with Crippen LogP contribution in [0.3, 0.4) is 0 Å². The molecule has 0 aromatic heterocycles. The van der Waals surface area contributed by atoms with E-state index in [0.717, 1.165) is 37.5 Å². The van der Waals surface area contributed by atoms with Crippen molar-refractivity contribution in [2.45, 2.75) is 25.8 Å². The van der Waals surface area contributed by atoms with Crippen LogP contribution >= 0.6 is 24.0 Å². The fourth-order valence-electron chi connectivity index (χ4n) is 3.36. The number of rotatable bonds is 6. The minimum Gasteiger partial charge on any atom is -0.496 e. The quantitative estimate of drug-likeness (QED) is 0.265. The van der Waals surface area contributed by atoms with E-state index in [1.165, 1.54) is 14.2 Å². The predicted molar refractivity (Wildman–Crippen MR) is 118 cm³/mol. The van der Waals surface area contributed by atoms with Gasteiger partial charge < -0.3 is 25.4 Å². The van der Waals surface area contributed by atoms with Crippen LogP contribution in [0.1, 0.15) is 35.2 Å². The van der Waals surface area contributed by atoms with Crippen LogP contribution in [0.2, 0.25) is 0 Å². The molecule has 8 nitrogen and oxygen atoms in total. The lowest BCUT2D eigenvalue weighted by molar-refractivity contribution is -0.119. The fraction of sp³-hybridized carbons (Fsp3) is 0.526. The van der Waals surface area contributed by atoms with Crippen molar-refractivity contribution in [3.8, 4) is 5.75 Å². The number of likely N-dealkylation sites (tertiary alicyclic amines) is 1. The van der Waals surface area contributed by atoms with Gasteiger partial charge in [-0.05, 0) is 36.5 Å².